The average Bonchev–Trinajstić information content (AvgIpc) is 3.04. The lowest BCUT2D eigenvalue weighted by molar-refractivity contribution is 0.0190. The molecular formula is C17H34IN3O3. The van der Waals surface area contributed by atoms with Crippen molar-refractivity contribution in [2.24, 2.45) is 10.4 Å². The van der Waals surface area contributed by atoms with Crippen molar-refractivity contribution in [1.29, 1.82) is 0 Å². The average molecular weight is 455 g/mol. The molecule has 0 aromatic carbocycles. The third-order valence-electron chi connectivity index (χ3n) is 4.97. The molecule has 0 bridgehead atoms. The molecule has 0 aromatic heterocycles. The Morgan fingerprint density at radius 2 is 2.08 bits per heavy atom. The SMILES string of the molecule is CN=C(NCCOCC1CCCO1)NCC1(CCOC)CCC1.I. The van der Waals surface area contributed by atoms with Crippen molar-refractivity contribution in [3.63, 3.8) is 0 Å². The molecule has 6 nitrogen and oxygen atoms in total. The van der Waals surface area contributed by atoms with Gasteiger partial charge in [0.05, 0.1) is 19.3 Å². The molecule has 1 unspecified atom stereocenters. The Bertz CT molecular complexity index is 359. The Balaban J connectivity index is 0.00000288. The van der Waals surface area contributed by atoms with E-state index in [0.717, 1.165) is 51.5 Å². The Hall–Kier alpha value is -0.120. The molecule has 2 rings (SSSR count). The molecule has 24 heavy (non-hydrogen) atoms. The molecular weight excluding hydrogens is 421 g/mol. The lowest BCUT2D eigenvalue weighted by Crippen LogP contribution is -2.47. The molecule has 1 atom stereocenters. The predicted molar refractivity (Wildman–Crippen MR) is 107 cm³/mol. The fourth-order valence-electron chi connectivity index (χ4n) is 3.23. The monoisotopic (exact) mass is 455 g/mol. The number of hydrogen-bond donors (Lipinski definition) is 2. The molecule has 1 heterocycles. The van der Waals surface area contributed by atoms with Crippen molar-refractivity contribution in [2.45, 2.75) is 44.6 Å². The standard InChI is InChI=1S/C17H33N3O3.HI/c1-18-16(19-9-12-22-13-15-5-3-10-23-15)20-14-17(6-4-7-17)8-11-21-2;/h15H,3-14H2,1-2H3,(H2,18,19,20);1H. The van der Waals surface area contributed by atoms with Crippen LogP contribution in [0.1, 0.15) is 38.5 Å². The van der Waals surface area contributed by atoms with Crippen molar-refractivity contribution in [1.82, 2.24) is 10.6 Å². The van der Waals surface area contributed by atoms with Gasteiger partial charge in [0.25, 0.3) is 0 Å². The molecule has 0 radical (unpaired) electrons. The molecule has 2 N–H and O–H groups in total. The molecule has 7 heteroatoms. The van der Waals surface area contributed by atoms with Gasteiger partial charge in [0.15, 0.2) is 5.96 Å². The van der Waals surface area contributed by atoms with Crippen LogP contribution < -0.4 is 10.6 Å². The molecule has 1 saturated carbocycles. The number of ether oxygens (including phenoxy) is 3. The number of nitrogens with one attached hydrogen (secondary N) is 2. The highest BCUT2D eigenvalue weighted by Gasteiger charge is 2.36. The number of guanidine groups is 1. The van der Waals surface area contributed by atoms with Gasteiger partial charge < -0.3 is 24.8 Å². The highest BCUT2D eigenvalue weighted by atomic mass is 127. The highest BCUT2D eigenvalue weighted by Crippen LogP contribution is 2.43. The number of nitrogens with zero attached hydrogens (tertiary/aromatic N) is 1. The lowest BCUT2D eigenvalue weighted by Gasteiger charge is -2.42. The molecule has 0 amide bonds. The fourth-order valence-corrected chi connectivity index (χ4v) is 3.23. The van der Waals surface area contributed by atoms with E-state index in [9.17, 15) is 0 Å². The van der Waals surface area contributed by atoms with E-state index in [1.807, 2.05) is 7.05 Å². The van der Waals surface area contributed by atoms with Crippen LogP contribution in [0.4, 0.5) is 0 Å². The minimum atomic E-state index is 0. The van der Waals surface area contributed by atoms with E-state index in [0.29, 0.717) is 24.7 Å². The first kappa shape index (κ1) is 21.9. The quantitative estimate of drug-likeness (QED) is 0.229. The third kappa shape index (κ3) is 7.41. The van der Waals surface area contributed by atoms with Crippen molar-refractivity contribution in [2.75, 3.05) is 53.7 Å². The van der Waals surface area contributed by atoms with Crippen molar-refractivity contribution >= 4 is 29.9 Å². The largest absolute Gasteiger partial charge is 0.385 e. The van der Waals surface area contributed by atoms with Crippen molar-refractivity contribution in [3.05, 3.63) is 0 Å². The number of halogens is 1. The van der Waals surface area contributed by atoms with Crippen LogP contribution in [0.15, 0.2) is 4.99 Å². The van der Waals surface area contributed by atoms with Gasteiger partial charge in [-0.1, -0.05) is 6.42 Å². The van der Waals surface area contributed by atoms with Gasteiger partial charge in [-0.25, -0.2) is 0 Å². The Kier molecular flexibility index (Phi) is 11.2. The van der Waals surface area contributed by atoms with Gasteiger partial charge >= 0.3 is 0 Å². The summed E-state index contributed by atoms with van der Waals surface area (Å²) in [7, 11) is 3.59. The summed E-state index contributed by atoms with van der Waals surface area (Å²) in [6.07, 6.45) is 7.60. The van der Waals surface area contributed by atoms with Crippen molar-refractivity contribution in [3.8, 4) is 0 Å². The first-order valence-electron chi connectivity index (χ1n) is 8.91. The molecule has 1 saturated heterocycles. The summed E-state index contributed by atoms with van der Waals surface area (Å²) >= 11 is 0. The number of hydrogen-bond acceptors (Lipinski definition) is 4. The topological polar surface area (TPSA) is 64.1 Å². The van der Waals surface area contributed by atoms with E-state index in [1.165, 1.54) is 19.3 Å². The van der Waals surface area contributed by atoms with Crippen LogP contribution >= 0.6 is 24.0 Å². The zero-order valence-electron chi connectivity index (χ0n) is 15.1. The molecule has 2 aliphatic rings. The lowest BCUT2D eigenvalue weighted by atomic mass is 9.67. The summed E-state index contributed by atoms with van der Waals surface area (Å²) in [5, 5.41) is 6.77. The van der Waals surface area contributed by atoms with E-state index in [-0.39, 0.29) is 24.0 Å². The summed E-state index contributed by atoms with van der Waals surface area (Å²) in [6.45, 7) is 4.83. The third-order valence-corrected chi connectivity index (χ3v) is 4.97. The van der Waals surface area contributed by atoms with Crippen LogP contribution in [0.2, 0.25) is 0 Å². The van der Waals surface area contributed by atoms with Gasteiger partial charge in [0.2, 0.25) is 0 Å². The maximum absolute atomic E-state index is 5.66. The number of aliphatic imine (C=N–C) groups is 1. The zero-order chi connectivity index (χ0) is 16.4. The minimum Gasteiger partial charge on any atom is -0.385 e. The van der Waals surface area contributed by atoms with Gasteiger partial charge in [-0.15, -0.1) is 24.0 Å². The van der Waals surface area contributed by atoms with Crippen LogP contribution in [0.5, 0.6) is 0 Å². The summed E-state index contributed by atoms with van der Waals surface area (Å²) in [5.74, 6) is 0.856. The Labute approximate surface area is 163 Å². The summed E-state index contributed by atoms with van der Waals surface area (Å²) in [5.41, 5.74) is 0.393. The highest BCUT2D eigenvalue weighted by molar-refractivity contribution is 14.0. The molecule has 2 fully saturated rings. The first-order chi connectivity index (χ1) is 11.3. The molecule has 1 aliphatic heterocycles. The summed E-state index contributed by atoms with van der Waals surface area (Å²) in [4.78, 5) is 4.29. The van der Waals surface area contributed by atoms with E-state index in [1.54, 1.807) is 7.11 Å². The van der Waals surface area contributed by atoms with Gasteiger partial charge in [0.1, 0.15) is 0 Å². The van der Waals surface area contributed by atoms with Gasteiger partial charge in [-0.3, -0.25) is 4.99 Å². The predicted octanol–water partition coefficient (Wildman–Crippen LogP) is 2.17. The van der Waals surface area contributed by atoms with Crippen LogP contribution in [0.25, 0.3) is 0 Å². The van der Waals surface area contributed by atoms with Gasteiger partial charge in [0, 0.05) is 40.5 Å². The maximum atomic E-state index is 5.66. The van der Waals surface area contributed by atoms with Crippen molar-refractivity contribution < 1.29 is 14.2 Å². The number of methoxy groups -OCH3 is 1. The minimum absolute atomic E-state index is 0. The van der Waals surface area contributed by atoms with E-state index >= 15 is 0 Å². The smallest absolute Gasteiger partial charge is 0.191 e. The van der Waals surface area contributed by atoms with Crippen LogP contribution in [-0.4, -0.2) is 65.7 Å². The Morgan fingerprint density at radius 3 is 2.67 bits per heavy atom. The fraction of sp³-hybridized carbons (Fsp3) is 0.941. The molecule has 142 valence electrons. The zero-order valence-corrected chi connectivity index (χ0v) is 17.5. The summed E-state index contributed by atoms with van der Waals surface area (Å²) < 4.78 is 16.4. The number of rotatable bonds is 10. The van der Waals surface area contributed by atoms with E-state index in [2.05, 4.69) is 15.6 Å². The normalized spacial score (nSPS) is 22.6. The maximum Gasteiger partial charge on any atom is 0.191 e. The van der Waals surface area contributed by atoms with Crippen LogP contribution in [0, 0.1) is 5.41 Å². The second-order valence-electron chi connectivity index (χ2n) is 6.66. The van der Waals surface area contributed by atoms with Crippen LogP contribution in [-0.2, 0) is 14.2 Å². The van der Waals surface area contributed by atoms with Gasteiger partial charge in [-0.05, 0) is 37.5 Å². The summed E-state index contributed by atoms with van der Waals surface area (Å²) in [6, 6.07) is 0. The molecule has 0 aromatic rings. The Morgan fingerprint density at radius 1 is 1.25 bits per heavy atom. The van der Waals surface area contributed by atoms with Gasteiger partial charge in [-0.2, -0.15) is 0 Å². The molecule has 0 spiro atoms. The van der Waals surface area contributed by atoms with E-state index in [4.69, 9.17) is 14.2 Å². The second-order valence-corrected chi connectivity index (χ2v) is 6.66. The van der Waals surface area contributed by atoms with Crippen LogP contribution in [0.3, 0.4) is 0 Å². The first-order valence-corrected chi connectivity index (χ1v) is 8.91. The second kappa shape index (κ2) is 12.3. The van der Waals surface area contributed by atoms with E-state index < -0.39 is 0 Å². The molecule has 1 aliphatic carbocycles.